The van der Waals surface area contributed by atoms with E-state index in [-0.39, 0.29) is 6.61 Å². The maximum atomic E-state index is 10.4. The van der Waals surface area contributed by atoms with Crippen LogP contribution in [0.4, 0.5) is 11.4 Å². The molecular formula is C18H19N3O2. The van der Waals surface area contributed by atoms with Crippen molar-refractivity contribution in [2.24, 2.45) is 4.99 Å². The first-order chi connectivity index (χ1) is 11.3. The molecule has 0 spiro atoms. The van der Waals surface area contributed by atoms with Crippen molar-refractivity contribution in [2.45, 2.75) is 6.10 Å². The van der Waals surface area contributed by atoms with Crippen LogP contribution in [0.15, 0.2) is 59.6 Å². The van der Waals surface area contributed by atoms with E-state index >= 15 is 0 Å². The number of hydrogen-bond donors (Lipinski definition) is 1. The third-order valence-electron chi connectivity index (χ3n) is 4.10. The lowest BCUT2D eigenvalue weighted by Crippen LogP contribution is -2.41. The summed E-state index contributed by atoms with van der Waals surface area (Å²) < 4.78 is 5.65. The van der Waals surface area contributed by atoms with Gasteiger partial charge in [0, 0.05) is 6.54 Å². The molecule has 0 radical (unpaired) electrons. The fraction of sp³-hybridized carbons (Fsp3) is 0.278. The number of β-amino-alcohol motifs (C(OH)–C–C–N with tert-alkyl or cyclic N) is 1. The summed E-state index contributed by atoms with van der Waals surface area (Å²) in [5, 5.41) is 10.4. The van der Waals surface area contributed by atoms with Crippen LogP contribution >= 0.6 is 0 Å². The summed E-state index contributed by atoms with van der Waals surface area (Å²) in [6.45, 7) is 2.44. The molecule has 0 amide bonds. The number of benzene rings is 2. The van der Waals surface area contributed by atoms with E-state index in [2.05, 4.69) is 26.9 Å². The molecule has 118 valence electrons. The molecule has 1 atom stereocenters. The largest absolute Gasteiger partial charge is 0.491 e. The minimum absolute atomic E-state index is 0.260. The molecule has 2 aliphatic rings. The van der Waals surface area contributed by atoms with E-state index in [0.717, 1.165) is 30.5 Å². The molecular weight excluding hydrogens is 290 g/mol. The normalized spacial score (nSPS) is 16.8. The molecule has 23 heavy (non-hydrogen) atoms. The molecule has 0 fully saturated rings. The standard InChI is InChI=1S/C18H19N3O2/c22-14(13-23-15-6-2-1-3-7-15)12-21-17-9-5-4-8-16(17)20-11-10-19-18(20)21/h1-9,14,22H,10-13H2. The fourth-order valence-electron chi connectivity index (χ4n) is 3.08. The summed E-state index contributed by atoms with van der Waals surface area (Å²) in [4.78, 5) is 8.87. The highest BCUT2D eigenvalue weighted by atomic mass is 16.5. The number of rotatable bonds is 5. The average molecular weight is 309 g/mol. The number of guanidine groups is 1. The molecule has 0 saturated carbocycles. The number of nitrogens with zero attached hydrogens (tertiary/aromatic N) is 3. The van der Waals surface area contributed by atoms with Gasteiger partial charge in [-0.25, -0.2) is 0 Å². The monoisotopic (exact) mass is 309 g/mol. The van der Waals surface area contributed by atoms with Crippen LogP contribution < -0.4 is 14.5 Å². The smallest absolute Gasteiger partial charge is 0.206 e. The maximum absolute atomic E-state index is 10.4. The summed E-state index contributed by atoms with van der Waals surface area (Å²) >= 11 is 0. The van der Waals surface area contributed by atoms with E-state index in [1.54, 1.807) is 0 Å². The maximum Gasteiger partial charge on any atom is 0.206 e. The third-order valence-corrected chi connectivity index (χ3v) is 4.10. The number of aliphatic hydroxyl groups is 1. The Hall–Kier alpha value is -2.53. The second kappa shape index (κ2) is 5.93. The van der Waals surface area contributed by atoms with Gasteiger partial charge in [-0.15, -0.1) is 0 Å². The molecule has 0 aliphatic carbocycles. The number of fused-ring (bicyclic) bond motifs is 3. The van der Waals surface area contributed by atoms with Crippen molar-refractivity contribution in [3.8, 4) is 5.75 Å². The van der Waals surface area contributed by atoms with Gasteiger partial charge in [0.05, 0.1) is 24.5 Å². The highest BCUT2D eigenvalue weighted by molar-refractivity contribution is 6.17. The summed E-state index contributed by atoms with van der Waals surface area (Å²) in [5.74, 6) is 1.71. The van der Waals surface area contributed by atoms with E-state index < -0.39 is 6.10 Å². The minimum atomic E-state index is -0.591. The van der Waals surface area contributed by atoms with Gasteiger partial charge < -0.3 is 19.6 Å². The number of aliphatic hydroxyl groups excluding tert-OH is 1. The Bertz CT molecular complexity index is 717. The van der Waals surface area contributed by atoms with Gasteiger partial charge in [0.2, 0.25) is 5.96 Å². The fourth-order valence-corrected chi connectivity index (χ4v) is 3.08. The van der Waals surface area contributed by atoms with Crippen LogP contribution in [0, 0.1) is 0 Å². The van der Waals surface area contributed by atoms with Gasteiger partial charge in [-0.2, -0.15) is 0 Å². The van der Waals surface area contributed by atoms with Crippen molar-refractivity contribution in [3.05, 3.63) is 54.6 Å². The quantitative estimate of drug-likeness (QED) is 0.919. The Balaban J connectivity index is 1.46. The Kier molecular flexibility index (Phi) is 3.63. The van der Waals surface area contributed by atoms with Gasteiger partial charge in [0.1, 0.15) is 18.5 Å². The average Bonchev–Trinajstić information content (AvgIpc) is 3.17. The van der Waals surface area contributed by atoms with Crippen molar-refractivity contribution in [1.29, 1.82) is 0 Å². The second-order valence-electron chi connectivity index (χ2n) is 5.71. The Labute approximate surface area is 135 Å². The number of anilines is 2. The third kappa shape index (κ3) is 2.64. The predicted octanol–water partition coefficient (Wildman–Crippen LogP) is 2.12. The van der Waals surface area contributed by atoms with E-state index in [1.807, 2.05) is 42.5 Å². The van der Waals surface area contributed by atoms with E-state index in [1.165, 1.54) is 5.69 Å². The van der Waals surface area contributed by atoms with Crippen molar-refractivity contribution < 1.29 is 9.84 Å². The zero-order chi connectivity index (χ0) is 15.6. The zero-order valence-corrected chi connectivity index (χ0v) is 12.8. The summed E-state index contributed by atoms with van der Waals surface area (Å²) in [6, 6.07) is 17.8. The van der Waals surface area contributed by atoms with E-state index in [0.29, 0.717) is 6.54 Å². The van der Waals surface area contributed by atoms with Gasteiger partial charge in [0.15, 0.2) is 0 Å². The lowest BCUT2D eigenvalue weighted by atomic mass is 10.2. The van der Waals surface area contributed by atoms with Crippen molar-refractivity contribution in [2.75, 3.05) is 36.0 Å². The predicted molar refractivity (Wildman–Crippen MR) is 91.4 cm³/mol. The SMILES string of the molecule is OC(COc1ccccc1)CN1C2=NCCN2c2ccccc21. The molecule has 1 N–H and O–H groups in total. The van der Waals surface area contributed by atoms with E-state index in [4.69, 9.17) is 4.74 Å². The summed E-state index contributed by atoms with van der Waals surface area (Å²) in [6.07, 6.45) is -0.591. The molecule has 5 heteroatoms. The van der Waals surface area contributed by atoms with Crippen LogP contribution in [0.25, 0.3) is 0 Å². The highest BCUT2D eigenvalue weighted by Crippen LogP contribution is 2.38. The molecule has 2 aromatic carbocycles. The molecule has 2 aliphatic heterocycles. The number of para-hydroxylation sites is 3. The number of ether oxygens (including phenoxy) is 1. The summed E-state index contributed by atoms with van der Waals surface area (Å²) in [5.41, 5.74) is 2.27. The lowest BCUT2D eigenvalue weighted by Gasteiger charge is -2.22. The van der Waals surface area contributed by atoms with Crippen LogP contribution in [0.3, 0.4) is 0 Å². The van der Waals surface area contributed by atoms with Crippen LogP contribution in [0.5, 0.6) is 5.75 Å². The molecule has 0 saturated heterocycles. The van der Waals surface area contributed by atoms with Gasteiger partial charge in [-0.3, -0.25) is 4.99 Å². The van der Waals surface area contributed by atoms with Gasteiger partial charge >= 0.3 is 0 Å². The molecule has 2 heterocycles. The number of hydrogen-bond acceptors (Lipinski definition) is 5. The molecule has 1 unspecified atom stereocenters. The molecule has 0 aromatic heterocycles. The van der Waals surface area contributed by atoms with Crippen LogP contribution in [-0.2, 0) is 0 Å². The van der Waals surface area contributed by atoms with Gasteiger partial charge in [0.25, 0.3) is 0 Å². The second-order valence-corrected chi connectivity index (χ2v) is 5.71. The highest BCUT2D eigenvalue weighted by Gasteiger charge is 2.35. The number of aliphatic imine (C=N–C) groups is 1. The van der Waals surface area contributed by atoms with Crippen molar-refractivity contribution >= 4 is 17.3 Å². The lowest BCUT2D eigenvalue weighted by molar-refractivity contribution is 0.114. The van der Waals surface area contributed by atoms with Gasteiger partial charge in [-0.05, 0) is 24.3 Å². The van der Waals surface area contributed by atoms with Crippen molar-refractivity contribution in [1.82, 2.24) is 0 Å². The van der Waals surface area contributed by atoms with Crippen LogP contribution in [0.1, 0.15) is 0 Å². The molecule has 0 bridgehead atoms. The first kappa shape index (κ1) is 14.1. The van der Waals surface area contributed by atoms with Crippen LogP contribution in [-0.4, -0.2) is 43.4 Å². The minimum Gasteiger partial charge on any atom is -0.491 e. The Morgan fingerprint density at radius 1 is 1.04 bits per heavy atom. The van der Waals surface area contributed by atoms with Crippen LogP contribution in [0.2, 0.25) is 0 Å². The topological polar surface area (TPSA) is 48.3 Å². The Morgan fingerprint density at radius 2 is 1.78 bits per heavy atom. The Morgan fingerprint density at radius 3 is 2.61 bits per heavy atom. The molecule has 5 nitrogen and oxygen atoms in total. The summed E-state index contributed by atoms with van der Waals surface area (Å²) in [7, 11) is 0. The van der Waals surface area contributed by atoms with Gasteiger partial charge in [-0.1, -0.05) is 30.3 Å². The molecule has 4 rings (SSSR count). The van der Waals surface area contributed by atoms with E-state index in [9.17, 15) is 5.11 Å². The first-order valence-electron chi connectivity index (χ1n) is 7.87. The zero-order valence-electron chi connectivity index (χ0n) is 12.8. The first-order valence-corrected chi connectivity index (χ1v) is 7.87. The molecule has 2 aromatic rings. The van der Waals surface area contributed by atoms with Crippen molar-refractivity contribution in [3.63, 3.8) is 0 Å².